The first-order valence-electron chi connectivity index (χ1n) is 6.91. The highest BCUT2D eigenvalue weighted by atomic mass is 16.5. The Morgan fingerprint density at radius 1 is 1.21 bits per heavy atom. The molecular weight excluding hydrogens is 238 g/mol. The van der Waals surface area contributed by atoms with Crippen LogP contribution in [0.5, 0.6) is 5.75 Å². The van der Waals surface area contributed by atoms with Crippen molar-refractivity contribution in [3.63, 3.8) is 0 Å². The molecule has 1 saturated heterocycles. The number of benzene rings is 1. The van der Waals surface area contributed by atoms with Gasteiger partial charge in [-0.3, -0.25) is 9.69 Å². The summed E-state index contributed by atoms with van der Waals surface area (Å²) in [7, 11) is 0. The van der Waals surface area contributed by atoms with Crippen molar-refractivity contribution in [2.75, 3.05) is 26.2 Å². The highest BCUT2D eigenvalue weighted by Crippen LogP contribution is 2.13. The molecule has 1 fully saturated rings. The fourth-order valence-electron chi connectivity index (χ4n) is 2.31. The molecular formula is C16H21NO2. The van der Waals surface area contributed by atoms with Crippen molar-refractivity contribution >= 4 is 5.78 Å². The number of hydrogen-bond acceptors (Lipinski definition) is 3. The van der Waals surface area contributed by atoms with Crippen LogP contribution in [0, 0.1) is 0 Å². The zero-order valence-electron chi connectivity index (χ0n) is 11.3. The van der Waals surface area contributed by atoms with E-state index >= 15 is 0 Å². The van der Waals surface area contributed by atoms with Crippen LogP contribution in [0.3, 0.4) is 0 Å². The number of piperidine rings is 1. The van der Waals surface area contributed by atoms with Crippen LogP contribution in [-0.4, -0.2) is 36.9 Å². The molecule has 1 aromatic carbocycles. The number of nitrogens with zero attached hydrogens (tertiary/aromatic N) is 1. The summed E-state index contributed by atoms with van der Waals surface area (Å²) in [6, 6.07) is 7.24. The maximum atomic E-state index is 11.4. The third-order valence-corrected chi connectivity index (χ3v) is 3.45. The molecule has 0 bridgehead atoms. The first kappa shape index (κ1) is 13.8. The summed E-state index contributed by atoms with van der Waals surface area (Å²) in [5.41, 5.74) is 0.651. The first-order valence-corrected chi connectivity index (χ1v) is 6.91. The van der Waals surface area contributed by atoms with E-state index in [1.807, 2.05) is 12.1 Å². The smallest absolute Gasteiger partial charge is 0.185 e. The topological polar surface area (TPSA) is 29.5 Å². The molecule has 0 saturated carbocycles. The summed E-state index contributed by atoms with van der Waals surface area (Å²) in [5.74, 6) is 0.762. The van der Waals surface area contributed by atoms with Crippen LogP contribution in [0.25, 0.3) is 0 Å². The van der Waals surface area contributed by atoms with E-state index in [-0.39, 0.29) is 5.78 Å². The van der Waals surface area contributed by atoms with E-state index in [1.165, 1.54) is 38.4 Å². The molecule has 0 aliphatic carbocycles. The Morgan fingerprint density at radius 2 is 1.89 bits per heavy atom. The van der Waals surface area contributed by atoms with Crippen LogP contribution < -0.4 is 4.74 Å². The summed E-state index contributed by atoms with van der Waals surface area (Å²) in [6.07, 6.45) is 5.29. The van der Waals surface area contributed by atoms with Crippen molar-refractivity contribution in [3.8, 4) is 5.75 Å². The minimum absolute atomic E-state index is 0.0557. The number of allylic oxidation sites excluding steroid dienone is 1. The van der Waals surface area contributed by atoms with Crippen molar-refractivity contribution in [1.82, 2.24) is 4.90 Å². The van der Waals surface area contributed by atoms with Crippen LogP contribution in [-0.2, 0) is 0 Å². The molecule has 1 aliphatic rings. The van der Waals surface area contributed by atoms with E-state index in [0.717, 1.165) is 12.3 Å². The van der Waals surface area contributed by atoms with Gasteiger partial charge in [0.05, 0.1) is 0 Å². The summed E-state index contributed by atoms with van der Waals surface area (Å²) in [6.45, 7) is 7.54. The van der Waals surface area contributed by atoms with Gasteiger partial charge in [-0.25, -0.2) is 0 Å². The lowest BCUT2D eigenvalue weighted by Crippen LogP contribution is -2.33. The molecule has 2 rings (SSSR count). The van der Waals surface area contributed by atoms with Gasteiger partial charge >= 0.3 is 0 Å². The van der Waals surface area contributed by atoms with Crippen molar-refractivity contribution in [3.05, 3.63) is 42.5 Å². The standard InChI is InChI=1S/C16H21NO2/c1-2-16(18)14-6-8-15(9-7-14)19-13-12-17-10-4-3-5-11-17/h2,6-9H,1,3-5,10-13H2. The molecule has 0 N–H and O–H groups in total. The number of rotatable bonds is 6. The van der Waals surface area contributed by atoms with E-state index in [9.17, 15) is 4.79 Å². The van der Waals surface area contributed by atoms with Gasteiger partial charge in [0.1, 0.15) is 12.4 Å². The maximum absolute atomic E-state index is 11.4. The fraction of sp³-hybridized carbons (Fsp3) is 0.438. The second kappa shape index (κ2) is 7.10. The molecule has 3 heteroatoms. The van der Waals surface area contributed by atoms with Crippen LogP contribution in [0.2, 0.25) is 0 Å². The minimum Gasteiger partial charge on any atom is -0.492 e. The van der Waals surface area contributed by atoms with E-state index in [2.05, 4.69) is 11.5 Å². The molecule has 0 amide bonds. The zero-order chi connectivity index (χ0) is 13.5. The monoisotopic (exact) mass is 259 g/mol. The maximum Gasteiger partial charge on any atom is 0.185 e. The van der Waals surface area contributed by atoms with Gasteiger partial charge < -0.3 is 4.74 Å². The molecule has 1 aliphatic heterocycles. The molecule has 3 nitrogen and oxygen atoms in total. The number of likely N-dealkylation sites (tertiary alicyclic amines) is 1. The Kier molecular flexibility index (Phi) is 5.16. The Hall–Kier alpha value is -1.61. The Morgan fingerprint density at radius 3 is 2.53 bits per heavy atom. The summed E-state index contributed by atoms with van der Waals surface area (Å²) in [5, 5.41) is 0. The third kappa shape index (κ3) is 4.21. The lowest BCUT2D eigenvalue weighted by molar-refractivity contribution is 0.104. The molecule has 19 heavy (non-hydrogen) atoms. The van der Waals surface area contributed by atoms with Gasteiger partial charge in [0.2, 0.25) is 0 Å². The lowest BCUT2D eigenvalue weighted by atomic mass is 10.1. The Labute approximate surface area is 114 Å². The van der Waals surface area contributed by atoms with Gasteiger partial charge in [-0.05, 0) is 56.3 Å². The SMILES string of the molecule is C=CC(=O)c1ccc(OCCN2CCCCC2)cc1. The highest BCUT2D eigenvalue weighted by Gasteiger charge is 2.09. The Bertz CT molecular complexity index is 419. The average molecular weight is 259 g/mol. The summed E-state index contributed by atoms with van der Waals surface area (Å²) < 4.78 is 5.70. The average Bonchev–Trinajstić information content (AvgIpc) is 2.48. The van der Waals surface area contributed by atoms with Gasteiger partial charge in [-0.2, -0.15) is 0 Å². The largest absolute Gasteiger partial charge is 0.492 e. The van der Waals surface area contributed by atoms with Crippen molar-refractivity contribution in [2.24, 2.45) is 0 Å². The van der Waals surface area contributed by atoms with E-state index < -0.39 is 0 Å². The summed E-state index contributed by atoms with van der Waals surface area (Å²) in [4.78, 5) is 13.8. The van der Waals surface area contributed by atoms with Gasteiger partial charge in [0.15, 0.2) is 5.78 Å². The molecule has 0 spiro atoms. The fourth-order valence-corrected chi connectivity index (χ4v) is 2.31. The second-order valence-electron chi connectivity index (χ2n) is 4.84. The second-order valence-corrected chi connectivity index (χ2v) is 4.84. The molecule has 0 radical (unpaired) electrons. The molecule has 0 atom stereocenters. The molecule has 0 unspecified atom stereocenters. The van der Waals surface area contributed by atoms with Crippen molar-refractivity contribution in [1.29, 1.82) is 0 Å². The van der Waals surface area contributed by atoms with Crippen LogP contribution in [0.15, 0.2) is 36.9 Å². The number of hydrogen-bond donors (Lipinski definition) is 0. The van der Waals surface area contributed by atoms with Crippen LogP contribution in [0.1, 0.15) is 29.6 Å². The lowest BCUT2D eigenvalue weighted by Gasteiger charge is -2.26. The quantitative estimate of drug-likeness (QED) is 0.581. The highest BCUT2D eigenvalue weighted by molar-refractivity contribution is 6.04. The van der Waals surface area contributed by atoms with Crippen molar-refractivity contribution < 1.29 is 9.53 Å². The number of carbonyl (C=O) groups excluding carboxylic acids is 1. The molecule has 0 aromatic heterocycles. The predicted molar refractivity (Wildman–Crippen MR) is 76.8 cm³/mol. The van der Waals surface area contributed by atoms with Gasteiger partial charge in [-0.15, -0.1) is 0 Å². The minimum atomic E-state index is -0.0557. The van der Waals surface area contributed by atoms with Gasteiger partial charge in [0.25, 0.3) is 0 Å². The van der Waals surface area contributed by atoms with E-state index in [4.69, 9.17) is 4.74 Å². The Balaban J connectivity index is 1.76. The van der Waals surface area contributed by atoms with Gasteiger partial charge in [0, 0.05) is 12.1 Å². The number of ether oxygens (including phenoxy) is 1. The van der Waals surface area contributed by atoms with Crippen LogP contribution >= 0.6 is 0 Å². The number of carbonyl (C=O) groups is 1. The van der Waals surface area contributed by atoms with E-state index in [1.54, 1.807) is 12.1 Å². The third-order valence-electron chi connectivity index (χ3n) is 3.45. The summed E-state index contributed by atoms with van der Waals surface area (Å²) >= 11 is 0. The predicted octanol–water partition coefficient (Wildman–Crippen LogP) is 2.92. The molecule has 1 heterocycles. The number of ketones is 1. The van der Waals surface area contributed by atoms with Gasteiger partial charge in [-0.1, -0.05) is 13.0 Å². The zero-order valence-corrected chi connectivity index (χ0v) is 11.3. The normalized spacial score (nSPS) is 16.0. The van der Waals surface area contributed by atoms with Crippen LogP contribution in [0.4, 0.5) is 0 Å². The molecule has 1 aromatic rings. The van der Waals surface area contributed by atoms with E-state index in [0.29, 0.717) is 12.2 Å². The molecule has 102 valence electrons. The van der Waals surface area contributed by atoms with Crippen molar-refractivity contribution in [2.45, 2.75) is 19.3 Å². The first-order chi connectivity index (χ1) is 9.29.